The Hall–Kier alpha value is -0.220. The molecule has 0 aromatic heterocycles. The third-order valence-corrected chi connectivity index (χ3v) is 5.37. The number of nitrogens with zero attached hydrogens (tertiary/aromatic N) is 1. The monoisotopic (exact) mass is 242 g/mol. The van der Waals surface area contributed by atoms with Crippen LogP contribution in [0.15, 0.2) is 0 Å². The molecule has 2 rings (SSSR count). The summed E-state index contributed by atoms with van der Waals surface area (Å²) in [6.45, 7) is 7.10. The Bertz CT molecular complexity index is 289. The smallest absolute Gasteiger partial charge is 0.242 e. The van der Waals surface area contributed by atoms with Gasteiger partial charge < -0.3 is 10.6 Å². The molecule has 1 amide bonds. The molecule has 92 valence electrons. The van der Waals surface area contributed by atoms with E-state index in [0.717, 1.165) is 25.1 Å². The standard InChI is InChI=1S/C12H22N2OS/c1-8-9(2)16-7-6-14(8)11(15)12(3,13)10-4-5-10/h8-10H,4-7,13H2,1-3H3. The fraction of sp³-hybridized carbons (Fsp3) is 0.917. The molecule has 0 aromatic carbocycles. The number of hydrogen-bond acceptors (Lipinski definition) is 3. The molecule has 16 heavy (non-hydrogen) atoms. The lowest BCUT2D eigenvalue weighted by atomic mass is 9.94. The minimum atomic E-state index is -0.629. The van der Waals surface area contributed by atoms with Gasteiger partial charge in [-0.25, -0.2) is 0 Å². The minimum absolute atomic E-state index is 0.162. The molecule has 0 bridgehead atoms. The van der Waals surface area contributed by atoms with Crippen LogP contribution in [0.3, 0.4) is 0 Å². The molecule has 2 N–H and O–H groups in total. The number of carbonyl (C=O) groups excluding carboxylic acids is 1. The summed E-state index contributed by atoms with van der Waals surface area (Å²) in [5.41, 5.74) is 5.58. The van der Waals surface area contributed by atoms with E-state index < -0.39 is 5.54 Å². The van der Waals surface area contributed by atoms with Gasteiger partial charge in [0.2, 0.25) is 5.91 Å². The molecule has 3 atom stereocenters. The molecule has 3 unspecified atom stereocenters. The largest absolute Gasteiger partial charge is 0.336 e. The van der Waals surface area contributed by atoms with Crippen molar-refractivity contribution in [1.82, 2.24) is 4.90 Å². The van der Waals surface area contributed by atoms with Crippen molar-refractivity contribution in [2.45, 2.75) is 50.4 Å². The first-order chi connectivity index (χ1) is 7.44. The number of hydrogen-bond donors (Lipinski definition) is 1. The molecule has 0 aromatic rings. The van der Waals surface area contributed by atoms with E-state index in [0.29, 0.717) is 17.2 Å². The van der Waals surface area contributed by atoms with Gasteiger partial charge in [-0.2, -0.15) is 11.8 Å². The SMILES string of the molecule is CC1SCCN(C(=O)C(C)(N)C2CC2)C1C. The zero-order chi connectivity index (χ0) is 11.9. The molecule has 1 saturated carbocycles. The van der Waals surface area contributed by atoms with Crippen molar-refractivity contribution in [3.8, 4) is 0 Å². The summed E-state index contributed by atoms with van der Waals surface area (Å²) in [4.78, 5) is 14.4. The Kier molecular flexibility index (Phi) is 3.23. The number of carbonyl (C=O) groups is 1. The van der Waals surface area contributed by atoms with E-state index in [9.17, 15) is 4.79 Å². The third kappa shape index (κ3) is 2.09. The summed E-state index contributed by atoms with van der Waals surface area (Å²) in [6, 6.07) is 0.313. The van der Waals surface area contributed by atoms with E-state index in [-0.39, 0.29) is 5.91 Å². The minimum Gasteiger partial charge on any atom is -0.336 e. The van der Waals surface area contributed by atoms with Crippen LogP contribution < -0.4 is 5.73 Å². The van der Waals surface area contributed by atoms with Crippen LogP contribution in [-0.2, 0) is 4.79 Å². The van der Waals surface area contributed by atoms with Gasteiger partial charge in [-0.1, -0.05) is 6.92 Å². The van der Waals surface area contributed by atoms with Gasteiger partial charge in [0.1, 0.15) is 0 Å². The summed E-state index contributed by atoms with van der Waals surface area (Å²) in [5, 5.41) is 0.521. The lowest BCUT2D eigenvalue weighted by Gasteiger charge is -2.41. The lowest BCUT2D eigenvalue weighted by molar-refractivity contribution is -0.139. The summed E-state index contributed by atoms with van der Waals surface area (Å²) >= 11 is 1.95. The van der Waals surface area contributed by atoms with Crippen molar-refractivity contribution in [2.75, 3.05) is 12.3 Å². The molecule has 1 heterocycles. The van der Waals surface area contributed by atoms with E-state index in [1.807, 2.05) is 23.6 Å². The third-order valence-electron chi connectivity index (χ3n) is 4.03. The van der Waals surface area contributed by atoms with Crippen LogP contribution in [0.5, 0.6) is 0 Å². The van der Waals surface area contributed by atoms with Gasteiger partial charge in [0.15, 0.2) is 0 Å². The molecule has 0 radical (unpaired) electrons. The first-order valence-corrected chi connectivity index (χ1v) is 7.21. The summed E-state index contributed by atoms with van der Waals surface area (Å²) < 4.78 is 0. The molecule has 1 aliphatic heterocycles. The average molecular weight is 242 g/mol. The molecule has 0 spiro atoms. The van der Waals surface area contributed by atoms with Crippen LogP contribution in [0.1, 0.15) is 33.6 Å². The van der Waals surface area contributed by atoms with E-state index in [2.05, 4.69) is 13.8 Å². The van der Waals surface area contributed by atoms with Gasteiger partial charge >= 0.3 is 0 Å². The maximum absolute atomic E-state index is 12.4. The summed E-state index contributed by atoms with van der Waals surface area (Å²) in [7, 11) is 0. The van der Waals surface area contributed by atoms with Crippen LogP contribution in [0.25, 0.3) is 0 Å². The zero-order valence-electron chi connectivity index (χ0n) is 10.4. The topological polar surface area (TPSA) is 46.3 Å². The lowest BCUT2D eigenvalue weighted by Crippen LogP contribution is -2.60. The first kappa shape index (κ1) is 12.2. The predicted molar refractivity (Wildman–Crippen MR) is 68.4 cm³/mol. The normalized spacial score (nSPS) is 34.6. The fourth-order valence-corrected chi connectivity index (χ4v) is 3.49. The van der Waals surface area contributed by atoms with Crippen LogP contribution in [0.2, 0.25) is 0 Å². The average Bonchev–Trinajstić information content (AvgIpc) is 3.04. The molecule has 1 saturated heterocycles. The van der Waals surface area contributed by atoms with Crippen molar-refractivity contribution < 1.29 is 4.79 Å². The van der Waals surface area contributed by atoms with E-state index in [1.54, 1.807) is 0 Å². The molecular formula is C12H22N2OS. The van der Waals surface area contributed by atoms with Gasteiger partial charge in [-0.15, -0.1) is 0 Å². The predicted octanol–water partition coefficient (Wildman–Crippen LogP) is 1.47. The van der Waals surface area contributed by atoms with E-state index >= 15 is 0 Å². The van der Waals surface area contributed by atoms with E-state index in [4.69, 9.17) is 5.73 Å². The Labute approximate surface area is 102 Å². The first-order valence-electron chi connectivity index (χ1n) is 6.16. The van der Waals surface area contributed by atoms with Gasteiger partial charge in [0.05, 0.1) is 5.54 Å². The highest BCUT2D eigenvalue weighted by Gasteiger charge is 2.47. The Morgan fingerprint density at radius 3 is 2.62 bits per heavy atom. The summed E-state index contributed by atoms with van der Waals surface area (Å²) in [6.07, 6.45) is 2.23. The van der Waals surface area contributed by atoms with Crippen molar-refractivity contribution in [3.63, 3.8) is 0 Å². The van der Waals surface area contributed by atoms with Gasteiger partial charge in [0, 0.05) is 23.6 Å². The highest BCUT2D eigenvalue weighted by atomic mass is 32.2. The van der Waals surface area contributed by atoms with Gasteiger partial charge in [-0.05, 0) is 32.6 Å². The maximum Gasteiger partial charge on any atom is 0.242 e. The molecule has 3 nitrogen and oxygen atoms in total. The fourth-order valence-electron chi connectivity index (χ4n) is 2.39. The van der Waals surface area contributed by atoms with E-state index in [1.165, 1.54) is 0 Å². The Morgan fingerprint density at radius 1 is 1.44 bits per heavy atom. The van der Waals surface area contributed by atoms with Crippen molar-refractivity contribution in [1.29, 1.82) is 0 Å². The molecule has 2 aliphatic rings. The number of amides is 1. The Balaban J connectivity index is 2.08. The number of rotatable bonds is 2. The zero-order valence-corrected chi connectivity index (χ0v) is 11.2. The van der Waals surface area contributed by atoms with Crippen LogP contribution in [0.4, 0.5) is 0 Å². The summed E-state index contributed by atoms with van der Waals surface area (Å²) in [5.74, 6) is 1.62. The van der Waals surface area contributed by atoms with Crippen molar-refractivity contribution in [3.05, 3.63) is 0 Å². The van der Waals surface area contributed by atoms with Crippen LogP contribution in [-0.4, -0.2) is 39.9 Å². The van der Waals surface area contributed by atoms with Crippen molar-refractivity contribution in [2.24, 2.45) is 11.7 Å². The maximum atomic E-state index is 12.4. The molecule has 4 heteroatoms. The second-order valence-corrected chi connectivity index (χ2v) is 6.86. The molecule has 1 aliphatic carbocycles. The highest BCUT2D eigenvalue weighted by Crippen LogP contribution is 2.40. The second kappa shape index (κ2) is 4.22. The highest BCUT2D eigenvalue weighted by molar-refractivity contribution is 8.00. The van der Waals surface area contributed by atoms with Crippen LogP contribution >= 0.6 is 11.8 Å². The quantitative estimate of drug-likeness (QED) is 0.797. The van der Waals surface area contributed by atoms with Gasteiger partial charge in [-0.3, -0.25) is 4.79 Å². The van der Waals surface area contributed by atoms with Crippen molar-refractivity contribution >= 4 is 17.7 Å². The van der Waals surface area contributed by atoms with Crippen LogP contribution in [0, 0.1) is 5.92 Å². The Morgan fingerprint density at radius 2 is 2.06 bits per heavy atom. The molecular weight excluding hydrogens is 220 g/mol. The van der Waals surface area contributed by atoms with Gasteiger partial charge in [0.25, 0.3) is 0 Å². The molecule has 2 fully saturated rings. The number of thioether (sulfide) groups is 1. The second-order valence-electron chi connectivity index (χ2n) is 5.37. The number of nitrogens with two attached hydrogens (primary N) is 1.